The predicted octanol–water partition coefficient (Wildman–Crippen LogP) is 3.61. The minimum atomic E-state index is -4.58. The van der Waals surface area contributed by atoms with E-state index >= 15 is 0 Å². The Labute approximate surface area is 151 Å². The Morgan fingerprint density at radius 3 is 2.67 bits per heavy atom. The summed E-state index contributed by atoms with van der Waals surface area (Å²) in [5.74, 6) is 0.301. The zero-order valence-corrected chi connectivity index (χ0v) is 14.2. The molecule has 0 aliphatic rings. The largest absolute Gasteiger partial charge is 0.490 e. The van der Waals surface area contributed by atoms with Crippen LogP contribution >= 0.6 is 0 Å². The molecule has 0 aliphatic heterocycles. The number of benzene rings is 1. The number of aromatic amines is 1. The summed E-state index contributed by atoms with van der Waals surface area (Å²) in [6.07, 6.45) is -3.71. The van der Waals surface area contributed by atoms with Crippen LogP contribution in [0.4, 0.5) is 13.2 Å². The van der Waals surface area contributed by atoms with Crippen molar-refractivity contribution in [2.75, 3.05) is 0 Å². The molecule has 0 bridgehead atoms. The maximum absolute atomic E-state index is 12.9. The number of nitrogens with one attached hydrogen (secondary N) is 1. The van der Waals surface area contributed by atoms with Gasteiger partial charge in [0.2, 0.25) is 0 Å². The highest BCUT2D eigenvalue weighted by molar-refractivity contribution is 5.76. The van der Waals surface area contributed by atoms with Gasteiger partial charge in [0.25, 0.3) is 0 Å². The van der Waals surface area contributed by atoms with E-state index in [1.54, 1.807) is 12.1 Å². The minimum absolute atomic E-state index is 0.103. The SMILES string of the molecule is CC(C)Oc1ccc(-c2nccc(C(F)(F)F)n2)cc1-c1nn[nH]c1C#N. The van der Waals surface area contributed by atoms with Crippen LogP contribution in [0.25, 0.3) is 22.6 Å². The second-order valence-electron chi connectivity index (χ2n) is 5.79. The fourth-order valence-corrected chi connectivity index (χ4v) is 2.36. The molecule has 2 heterocycles. The van der Waals surface area contributed by atoms with Crippen molar-refractivity contribution >= 4 is 0 Å². The highest BCUT2D eigenvalue weighted by Gasteiger charge is 2.33. The van der Waals surface area contributed by atoms with E-state index in [1.807, 2.05) is 19.9 Å². The monoisotopic (exact) mass is 374 g/mol. The van der Waals surface area contributed by atoms with E-state index in [2.05, 4.69) is 25.4 Å². The lowest BCUT2D eigenvalue weighted by Gasteiger charge is -2.14. The van der Waals surface area contributed by atoms with Crippen molar-refractivity contribution in [3.8, 4) is 34.5 Å². The van der Waals surface area contributed by atoms with Crippen molar-refractivity contribution < 1.29 is 17.9 Å². The van der Waals surface area contributed by atoms with Crippen LogP contribution in [0, 0.1) is 11.3 Å². The van der Waals surface area contributed by atoms with Crippen molar-refractivity contribution in [3.63, 3.8) is 0 Å². The van der Waals surface area contributed by atoms with Crippen LogP contribution in [0.1, 0.15) is 25.2 Å². The molecule has 7 nitrogen and oxygen atoms in total. The second-order valence-corrected chi connectivity index (χ2v) is 5.79. The van der Waals surface area contributed by atoms with Crippen LogP contribution in [0.15, 0.2) is 30.5 Å². The molecule has 0 radical (unpaired) electrons. The van der Waals surface area contributed by atoms with Gasteiger partial charge >= 0.3 is 6.18 Å². The molecule has 2 aromatic heterocycles. The lowest BCUT2D eigenvalue weighted by Crippen LogP contribution is -2.09. The molecule has 1 aromatic carbocycles. The van der Waals surface area contributed by atoms with E-state index in [1.165, 1.54) is 6.07 Å². The molecule has 27 heavy (non-hydrogen) atoms. The molecule has 3 aromatic rings. The molecule has 0 amide bonds. The van der Waals surface area contributed by atoms with Crippen molar-refractivity contribution in [3.05, 3.63) is 41.9 Å². The molecule has 0 aliphatic carbocycles. The smallest absolute Gasteiger partial charge is 0.433 e. The quantitative estimate of drug-likeness (QED) is 0.749. The molecule has 0 atom stereocenters. The molecule has 10 heteroatoms. The maximum Gasteiger partial charge on any atom is 0.433 e. The minimum Gasteiger partial charge on any atom is -0.490 e. The molecule has 3 rings (SSSR count). The fraction of sp³-hybridized carbons (Fsp3) is 0.235. The Morgan fingerprint density at radius 1 is 1.22 bits per heavy atom. The van der Waals surface area contributed by atoms with Gasteiger partial charge in [0, 0.05) is 17.3 Å². The Hall–Kier alpha value is -3.48. The third-order valence-corrected chi connectivity index (χ3v) is 3.46. The van der Waals surface area contributed by atoms with Gasteiger partial charge in [-0.25, -0.2) is 15.1 Å². The summed E-state index contributed by atoms with van der Waals surface area (Å²) in [5, 5.41) is 19.2. The number of hydrogen-bond donors (Lipinski definition) is 1. The fourth-order valence-electron chi connectivity index (χ4n) is 2.36. The molecule has 0 unspecified atom stereocenters. The molecule has 138 valence electrons. The first-order valence-electron chi connectivity index (χ1n) is 7.82. The number of rotatable bonds is 4. The summed E-state index contributed by atoms with van der Waals surface area (Å²) in [7, 11) is 0. The van der Waals surface area contributed by atoms with Gasteiger partial charge in [0.1, 0.15) is 23.2 Å². The number of hydrogen-bond acceptors (Lipinski definition) is 6. The van der Waals surface area contributed by atoms with E-state index in [0.717, 1.165) is 12.3 Å². The average molecular weight is 374 g/mol. The van der Waals surface area contributed by atoms with Crippen LogP contribution in [0.3, 0.4) is 0 Å². The Kier molecular flexibility index (Phi) is 4.77. The summed E-state index contributed by atoms with van der Waals surface area (Å²) >= 11 is 0. The normalized spacial score (nSPS) is 11.4. The summed E-state index contributed by atoms with van der Waals surface area (Å²) in [5.41, 5.74) is -0.00462. The van der Waals surface area contributed by atoms with E-state index in [-0.39, 0.29) is 23.3 Å². The standard InChI is InChI=1S/C17H13F3N6O/c1-9(2)27-13-4-3-10(7-11(13)15-12(8-21)24-26-25-15)16-22-6-5-14(23-16)17(18,19)20/h3-7,9H,1-2H3,(H,24,25,26). The van der Waals surface area contributed by atoms with Crippen molar-refractivity contribution in [1.29, 1.82) is 5.26 Å². The van der Waals surface area contributed by atoms with Gasteiger partial charge in [-0.05, 0) is 38.1 Å². The lowest BCUT2D eigenvalue weighted by molar-refractivity contribution is -0.141. The first-order chi connectivity index (χ1) is 12.8. The van der Waals surface area contributed by atoms with Crippen molar-refractivity contribution in [2.45, 2.75) is 26.1 Å². The number of halogens is 3. The third-order valence-electron chi connectivity index (χ3n) is 3.46. The van der Waals surface area contributed by atoms with Gasteiger partial charge in [-0.15, -0.1) is 5.10 Å². The number of ether oxygens (including phenoxy) is 1. The van der Waals surface area contributed by atoms with Gasteiger partial charge in [-0.3, -0.25) is 0 Å². The summed E-state index contributed by atoms with van der Waals surface area (Å²) in [4.78, 5) is 7.50. The number of nitriles is 1. The zero-order valence-electron chi connectivity index (χ0n) is 14.2. The second kappa shape index (κ2) is 7.03. The summed E-state index contributed by atoms with van der Waals surface area (Å²) in [6, 6.07) is 7.36. The van der Waals surface area contributed by atoms with Crippen LogP contribution in [0.5, 0.6) is 5.75 Å². The predicted molar refractivity (Wildman–Crippen MR) is 88.3 cm³/mol. The van der Waals surface area contributed by atoms with Crippen molar-refractivity contribution in [1.82, 2.24) is 25.4 Å². The molecule has 1 N–H and O–H groups in total. The molecule has 0 fully saturated rings. The van der Waals surface area contributed by atoms with Gasteiger partial charge in [-0.1, -0.05) is 5.21 Å². The van der Waals surface area contributed by atoms with E-state index < -0.39 is 11.9 Å². The number of alkyl halides is 3. The summed E-state index contributed by atoms with van der Waals surface area (Å²) in [6.45, 7) is 3.64. The van der Waals surface area contributed by atoms with Gasteiger partial charge in [0.05, 0.1) is 6.10 Å². The van der Waals surface area contributed by atoms with E-state index in [0.29, 0.717) is 16.9 Å². The molecule has 0 saturated carbocycles. The third kappa shape index (κ3) is 3.87. The van der Waals surface area contributed by atoms with Gasteiger partial charge in [-0.2, -0.15) is 18.4 Å². The first kappa shape index (κ1) is 18.3. The van der Waals surface area contributed by atoms with Crippen LogP contribution in [0.2, 0.25) is 0 Å². The average Bonchev–Trinajstić information content (AvgIpc) is 3.09. The first-order valence-corrected chi connectivity index (χ1v) is 7.82. The summed E-state index contributed by atoms with van der Waals surface area (Å²) < 4.78 is 44.5. The van der Waals surface area contributed by atoms with E-state index in [9.17, 15) is 18.4 Å². The highest BCUT2D eigenvalue weighted by atomic mass is 19.4. The number of H-pyrrole nitrogens is 1. The Bertz CT molecular complexity index is 1010. The lowest BCUT2D eigenvalue weighted by atomic mass is 10.0. The highest BCUT2D eigenvalue weighted by Crippen LogP contribution is 2.35. The Balaban J connectivity index is 2.14. The maximum atomic E-state index is 12.9. The van der Waals surface area contributed by atoms with Crippen LogP contribution < -0.4 is 4.74 Å². The Morgan fingerprint density at radius 2 is 2.00 bits per heavy atom. The number of nitrogens with zero attached hydrogens (tertiary/aromatic N) is 5. The molecule has 0 spiro atoms. The van der Waals surface area contributed by atoms with Gasteiger partial charge in [0.15, 0.2) is 11.5 Å². The topological polar surface area (TPSA) is 100 Å². The molecular weight excluding hydrogens is 361 g/mol. The van der Waals surface area contributed by atoms with Crippen molar-refractivity contribution in [2.24, 2.45) is 0 Å². The van der Waals surface area contributed by atoms with Crippen LogP contribution in [-0.4, -0.2) is 31.5 Å². The molecular formula is C17H13F3N6O. The van der Waals surface area contributed by atoms with Crippen LogP contribution in [-0.2, 0) is 6.18 Å². The van der Waals surface area contributed by atoms with E-state index in [4.69, 9.17) is 4.74 Å². The molecule has 0 saturated heterocycles. The number of aromatic nitrogens is 5. The zero-order chi connectivity index (χ0) is 19.6. The van der Waals surface area contributed by atoms with Gasteiger partial charge < -0.3 is 4.74 Å².